The maximum atomic E-state index is 12.1. The van der Waals surface area contributed by atoms with Crippen molar-refractivity contribution in [3.8, 4) is 6.07 Å². The van der Waals surface area contributed by atoms with Crippen LogP contribution in [0.2, 0.25) is 0 Å². The van der Waals surface area contributed by atoms with Crippen molar-refractivity contribution in [1.29, 1.82) is 5.26 Å². The molecule has 0 aliphatic heterocycles. The number of hydrogen-bond acceptors (Lipinski definition) is 5. The minimum absolute atomic E-state index is 0.0227. The summed E-state index contributed by atoms with van der Waals surface area (Å²) in [4.78, 5) is 24.3. The van der Waals surface area contributed by atoms with E-state index in [9.17, 15) is 20.0 Å². The van der Waals surface area contributed by atoms with Crippen molar-refractivity contribution in [1.82, 2.24) is 9.13 Å². The Morgan fingerprint density at radius 2 is 1.91 bits per heavy atom. The van der Waals surface area contributed by atoms with Crippen LogP contribution in [-0.4, -0.2) is 26.9 Å². The molecule has 1 heterocycles. The summed E-state index contributed by atoms with van der Waals surface area (Å²) in [7, 11) is 2.91. The Kier molecular flexibility index (Phi) is 5.61. The second-order valence-electron chi connectivity index (χ2n) is 6.20. The largest absolute Gasteiger partial charge is 0.396 e. The van der Waals surface area contributed by atoms with E-state index < -0.39 is 11.2 Å². The summed E-state index contributed by atoms with van der Waals surface area (Å²) >= 11 is 0. The summed E-state index contributed by atoms with van der Waals surface area (Å²) in [5.41, 5.74) is -1.12. The number of nitriles is 1. The zero-order valence-electron chi connectivity index (χ0n) is 13.7. The smallest absolute Gasteiger partial charge is 0.332 e. The molecule has 0 aromatic carbocycles. The lowest BCUT2D eigenvalue weighted by atomic mass is 9.82. The van der Waals surface area contributed by atoms with Gasteiger partial charge in [0.15, 0.2) is 5.56 Å². The SMILES string of the molecule is Cn1c(NC(CCO)C2CCCCC2)c(C#N)c(=O)n(C)c1=O. The molecule has 1 aromatic heterocycles. The number of hydrogen-bond donors (Lipinski definition) is 2. The Labute approximate surface area is 135 Å². The molecule has 23 heavy (non-hydrogen) atoms. The van der Waals surface area contributed by atoms with Crippen LogP contribution in [0.5, 0.6) is 0 Å². The molecule has 1 saturated carbocycles. The normalized spacial score (nSPS) is 16.8. The van der Waals surface area contributed by atoms with Gasteiger partial charge in [-0.25, -0.2) is 4.79 Å². The summed E-state index contributed by atoms with van der Waals surface area (Å²) in [6.45, 7) is 0.0227. The quantitative estimate of drug-likeness (QED) is 0.832. The molecule has 0 radical (unpaired) electrons. The number of aromatic nitrogens is 2. The summed E-state index contributed by atoms with van der Waals surface area (Å²) in [5, 5.41) is 21.9. The van der Waals surface area contributed by atoms with Crippen molar-refractivity contribution < 1.29 is 5.11 Å². The van der Waals surface area contributed by atoms with Crippen LogP contribution in [0.1, 0.15) is 44.1 Å². The molecular weight excluding hydrogens is 296 g/mol. The number of aliphatic hydroxyl groups excluding tert-OH is 1. The Bertz CT molecular complexity index is 708. The third kappa shape index (κ3) is 3.48. The van der Waals surface area contributed by atoms with E-state index in [0.717, 1.165) is 30.3 Å². The standard InChI is InChI=1S/C16H24N4O3/c1-19-14(12(10-17)15(22)20(2)16(19)23)18-13(8-9-21)11-6-4-3-5-7-11/h11,13,18,21H,3-9H2,1-2H3. The average Bonchev–Trinajstić information content (AvgIpc) is 2.58. The van der Waals surface area contributed by atoms with Gasteiger partial charge in [-0.3, -0.25) is 13.9 Å². The molecule has 0 amide bonds. The fourth-order valence-corrected chi connectivity index (χ4v) is 3.39. The summed E-state index contributed by atoms with van der Waals surface area (Å²) in [6, 6.07) is 1.85. The van der Waals surface area contributed by atoms with Crippen LogP contribution in [0.4, 0.5) is 5.82 Å². The Morgan fingerprint density at radius 3 is 2.48 bits per heavy atom. The van der Waals surface area contributed by atoms with Gasteiger partial charge in [0.05, 0.1) is 0 Å². The lowest BCUT2D eigenvalue weighted by Crippen LogP contribution is -2.42. The van der Waals surface area contributed by atoms with Gasteiger partial charge in [0.1, 0.15) is 11.9 Å². The minimum Gasteiger partial charge on any atom is -0.396 e. The zero-order valence-corrected chi connectivity index (χ0v) is 13.7. The molecular formula is C16H24N4O3. The van der Waals surface area contributed by atoms with Crippen LogP contribution in [0.25, 0.3) is 0 Å². The second-order valence-corrected chi connectivity index (χ2v) is 6.20. The van der Waals surface area contributed by atoms with Crippen LogP contribution in [0.15, 0.2) is 9.59 Å². The van der Waals surface area contributed by atoms with Gasteiger partial charge < -0.3 is 10.4 Å². The Morgan fingerprint density at radius 1 is 1.26 bits per heavy atom. The first-order chi connectivity index (χ1) is 11.0. The third-order valence-corrected chi connectivity index (χ3v) is 4.76. The van der Waals surface area contributed by atoms with Gasteiger partial charge in [-0.2, -0.15) is 5.26 Å². The third-order valence-electron chi connectivity index (χ3n) is 4.76. The average molecular weight is 320 g/mol. The van der Waals surface area contributed by atoms with Crippen LogP contribution in [0, 0.1) is 17.2 Å². The zero-order chi connectivity index (χ0) is 17.0. The molecule has 0 saturated heterocycles. The lowest BCUT2D eigenvalue weighted by molar-refractivity contribution is 0.238. The monoisotopic (exact) mass is 320 g/mol. The van der Waals surface area contributed by atoms with Crippen LogP contribution >= 0.6 is 0 Å². The molecule has 1 fully saturated rings. The molecule has 2 N–H and O–H groups in total. The molecule has 2 rings (SSSR count). The number of nitrogens with one attached hydrogen (secondary N) is 1. The number of anilines is 1. The van der Waals surface area contributed by atoms with Gasteiger partial charge in [-0.15, -0.1) is 0 Å². The van der Waals surface area contributed by atoms with Crippen LogP contribution < -0.4 is 16.6 Å². The first-order valence-electron chi connectivity index (χ1n) is 8.08. The predicted octanol–water partition coefficient (Wildman–Crippen LogP) is 0.699. The minimum atomic E-state index is -0.593. The molecule has 1 aromatic rings. The van der Waals surface area contributed by atoms with Gasteiger partial charge in [0, 0.05) is 26.7 Å². The highest BCUT2D eigenvalue weighted by Gasteiger charge is 2.26. The van der Waals surface area contributed by atoms with Crippen molar-refractivity contribution in [3.63, 3.8) is 0 Å². The van der Waals surface area contributed by atoms with Crippen molar-refractivity contribution in [2.45, 2.75) is 44.6 Å². The van der Waals surface area contributed by atoms with Crippen LogP contribution in [-0.2, 0) is 14.1 Å². The van der Waals surface area contributed by atoms with E-state index in [0.29, 0.717) is 12.3 Å². The van der Waals surface area contributed by atoms with Gasteiger partial charge in [-0.05, 0) is 25.2 Å². The fourth-order valence-electron chi connectivity index (χ4n) is 3.39. The lowest BCUT2D eigenvalue weighted by Gasteiger charge is -2.32. The first kappa shape index (κ1) is 17.3. The highest BCUT2D eigenvalue weighted by Crippen LogP contribution is 2.29. The topological polar surface area (TPSA) is 100 Å². The Hall–Kier alpha value is -2.07. The molecule has 1 atom stereocenters. The second kappa shape index (κ2) is 7.47. The maximum absolute atomic E-state index is 12.1. The summed E-state index contributed by atoms with van der Waals surface area (Å²) in [6.07, 6.45) is 6.15. The van der Waals surface area contributed by atoms with Gasteiger partial charge >= 0.3 is 5.69 Å². The van der Waals surface area contributed by atoms with Crippen LogP contribution in [0.3, 0.4) is 0 Å². The van der Waals surface area contributed by atoms with Crippen molar-refractivity contribution >= 4 is 5.82 Å². The van der Waals surface area contributed by atoms with Gasteiger partial charge in [0.2, 0.25) is 0 Å². The van der Waals surface area contributed by atoms with E-state index in [-0.39, 0.29) is 24.0 Å². The molecule has 0 bridgehead atoms. The molecule has 1 aliphatic rings. The molecule has 0 spiro atoms. The first-order valence-corrected chi connectivity index (χ1v) is 8.08. The van der Waals surface area contributed by atoms with E-state index in [2.05, 4.69) is 5.32 Å². The molecule has 1 unspecified atom stereocenters. The number of rotatable bonds is 5. The fraction of sp³-hybridized carbons (Fsp3) is 0.688. The highest BCUT2D eigenvalue weighted by molar-refractivity contribution is 5.51. The van der Waals surface area contributed by atoms with Gasteiger partial charge in [-0.1, -0.05) is 19.3 Å². The van der Waals surface area contributed by atoms with Crippen molar-refractivity contribution in [2.24, 2.45) is 20.0 Å². The maximum Gasteiger partial charge on any atom is 0.332 e. The summed E-state index contributed by atoms with van der Waals surface area (Å²) in [5.74, 6) is 0.631. The summed E-state index contributed by atoms with van der Waals surface area (Å²) < 4.78 is 2.23. The molecule has 7 nitrogen and oxygen atoms in total. The van der Waals surface area contributed by atoms with Crippen molar-refractivity contribution in [2.75, 3.05) is 11.9 Å². The van der Waals surface area contributed by atoms with E-state index in [4.69, 9.17) is 0 Å². The van der Waals surface area contributed by atoms with Crippen molar-refractivity contribution in [3.05, 3.63) is 26.4 Å². The number of aliphatic hydroxyl groups is 1. The Balaban J connectivity index is 2.42. The van der Waals surface area contributed by atoms with E-state index in [1.54, 1.807) is 7.05 Å². The van der Waals surface area contributed by atoms with E-state index >= 15 is 0 Å². The highest BCUT2D eigenvalue weighted by atomic mass is 16.3. The van der Waals surface area contributed by atoms with E-state index in [1.807, 2.05) is 6.07 Å². The van der Waals surface area contributed by atoms with E-state index in [1.165, 1.54) is 18.0 Å². The molecule has 126 valence electrons. The molecule has 7 heteroatoms. The molecule has 1 aliphatic carbocycles. The van der Waals surface area contributed by atoms with Gasteiger partial charge in [0.25, 0.3) is 5.56 Å². The predicted molar refractivity (Wildman–Crippen MR) is 87.3 cm³/mol. The number of nitrogens with zero attached hydrogens (tertiary/aromatic N) is 3.